The van der Waals surface area contributed by atoms with Gasteiger partial charge in [0.15, 0.2) is 0 Å². The van der Waals surface area contributed by atoms with E-state index < -0.39 is 0 Å². The number of para-hydroxylation sites is 1. The first-order chi connectivity index (χ1) is 16.4. The third-order valence-corrected chi connectivity index (χ3v) is 7.97. The van der Waals surface area contributed by atoms with Crippen molar-refractivity contribution in [1.29, 1.82) is 0 Å². The quantitative estimate of drug-likeness (QED) is 0.612. The van der Waals surface area contributed by atoms with Crippen LogP contribution >= 0.6 is 11.8 Å². The number of amidine groups is 1. The molecule has 2 fully saturated rings. The number of rotatable bonds is 4. The molecular weight excluding hydrogens is 444 g/mol. The third-order valence-electron chi connectivity index (χ3n) is 6.83. The molecule has 0 aliphatic carbocycles. The minimum Gasteiger partial charge on any atom is -0.354 e. The number of carbonyl (C=O) groups excluding carboxylic acids is 2. The van der Waals surface area contributed by atoms with Crippen LogP contribution in [0.2, 0.25) is 0 Å². The van der Waals surface area contributed by atoms with Crippen LogP contribution < -0.4 is 0 Å². The van der Waals surface area contributed by atoms with Gasteiger partial charge in [-0.25, -0.2) is 4.99 Å². The molecule has 2 aromatic carbocycles. The van der Waals surface area contributed by atoms with Crippen LogP contribution in [0.1, 0.15) is 38.7 Å². The molecule has 5 rings (SSSR count). The molecule has 0 spiro atoms. The SMILES string of the molecule is CC1(C)CC(=O)N(CCCN2CCN(C3=Nc4ccccc4Sc4ccccc43)CC2)C(=O)C1. The molecule has 7 heteroatoms. The molecular formula is C27H32N4O2S. The highest BCUT2D eigenvalue weighted by Gasteiger charge is 2.37. The minimum atomic E-state index is -0.209. The van der Waals surface area contributed by atoms with Crippen molar-refractivity contribution in [2.24, 2.45) is 10.4 Å². The number of aliphatic imine (C=N–C) groups is 1. The van der Waals surface area contributed by atoms with Crippen molar-refractivity contribution in [3.63, 3.8) is 0 Å². The van der Waals surface area contributed by atoms with Crippen LogP contribution in [0.15, 0.2) is 63.3 Å². The number of hydrogen-bond donors (Lipinski definition) is 0. The molecule has 178 valence electrons. The predicted molar refractivity (Wildman–Crippen MR) is 136 cm³/mol. The monoisotopic (exact) mass is 476 g/mol. The second kappa shape index (κ2) is 9.55. The number of piperidine rings is 1. The van der Waals surface area contributed by atoms with Gasteiger partial charge >= 0.3 is 0 Å². The van der Waals surface area contributed by atoms with Gasteiger partial charge in [-0.2, -0.15) is 0 Å². The number of carbonyl (C=O) groups is 2. The molecule has 6 nitrogen and oxygen atoms in total. The van der Waals surface area contributed by atoms with Crippen molar-refractivity contribution in [3.8, 4) is 0 Å². The fraction of sp³-hybridized carbons (Fsp3) is 0.444. The molecule has 0 unspecified atom stereocenters. The number of hydrogen-bond acceptors (Lipinski definition) is 6. The zero-order chi connectivity index (χ0) is 23.7. The maximum Gasteiger partial charge on any atom is 0.229 e. The van der Waals surface area contributed by atoms with Gasteiger partial charge < -0.3 is 4.90 Å². The van der Waals surface area contributed by atoms with Crippen LogP contribution in [-0.4, -0.2) is 71.6 Å². The molecule has 0 saturated carbocycles. The molecule has 3 aliphatic rings. The molecule has 3 aliphatic heterocycles. The lowest BCUT2D eigenvalue weighted by molar-refractivity contribution is -0.152. The molecule has 0 N–H and O–H groups in total. The molecule has 0 radical (unpaired) electrons. The second-order valence-electron chi connectivity index (χ2n) is 10.1. The van der Waals surface area contributed by atoms with E-state index in [9.17, 15) is 9.59 Å². The summed E-state index contributed by atoms with van der Waals surface area (Å²) in [5.74, 6) is 1.02. The zero-order valence-corrected chi connectivity index (χ0v) is 20.8. The van der Waals surface area contributed by atoms with E-state index in [0.29, 0.717) is 19.4 Å². The summed E-state index contributed by atoms with van der Waals surface area (Å²) in [6.07, 6.45) is 1.75. The van der Waals surface area contributed by atoms with Gasteiger partial charge in [0.1, 0.15) is 5.84 Å². The highest BCUT2D eigenvalue weighted by atomic mass is 32.2. The Morgan fingerprint density at radius 2 is 1.50 bits per heavy atom. The summed E-state index contributed by atoms with van der Waals surface area (Å²) in [6.45, 7) is 9.14. The van der Waals surface area contributed by atoms with E-state index in [2.05, 4.69) is 52.3 Å². The Morgan fingerprint density at radius 1 is 0.853 bits per heavy atom. The highest BCUT2D eigenvalue weighted by molar-refractivity contribution is 7.99. The molecule has 0 atom stereocenters. The summed E-state index contributed by atoms with van der Waals surface area (Å²) < 4.78 is 0. The number of nitrogens with zero attached hydrogens (tertiary/aromatic N) is 4. The lowest BCUT2D eigenvalue weighted by Crippen LogP contribution is -2.50. The molecule has 2 saturated heterocycles. The Morgan fingerprint density at radius 3 is 2.24 bits per heavy atom. The molecule has 34 heavy (non-hydrogen) atoms. The van der Waals surface area contributed by atoms with Gasteiger partial charge in [0.05, 0.1) is 5.69 Å². The van der Waals surface area contributed by atoms with Crippen LogP contribution in [0, 0.1) is 5.41 Å². The largest absolute Gasteiger partial charge is 0.354 e. The van der Waals surface area contributed by atoms with E-state index in [1.165, 1.54) is 20.3 Å². The third kappa shape index (κ3) is 4.91. The van der Waals surface area contributed by atoms with Crippen molar-refractivity contribution in [2.75, 3.05) is 39.3 Å². The maximum atomic E-state index is 12.4. The minimum absolute atomic E-state index is 0.0192. The van der Waals surface area contributed by atoms with E-state index in [4.69, 9.17) is 4.99 Å². The summed E-state index contributed by atoms with van der Waals surface area (Å²) in [7, 11) is 0. The summed E-state index contributed by atoms with van der Waals surface area (Å²) in [4.78, 5) is 38.7. The lowest BCUT2D eigenvalue weighted by atomic mass is 9.82. The first-order valence-corrected chi connectivity index (χ1v) is 13.0. The Bertz CT molecular complexity index is 1100. The molecule has 2 aromatic rings. The smallest absolute Gasteiger partial charge is 0.229 e. The van der Waals surface area contributed by atoms with Crippen LogP contribution in [0.5, 0.6) is 0 Å². The number of fused-ring (bicyclic) bond motifs is 2. The van der Waals surface area contributed by atoms with Crippen molar-refractivity contribution < 1.29 is 9.59 Å². The van der Waals surface area contributed by atoms with Gasteiger partial charge in [-0.15, -0.1) is 0 Å². The van der Waals surface area contributed by atoms with Crippen molar-refractivity contribution in [3.05, 3.63) is 54.1 Å². The average molecular weight is 477 g/mol. The fourth-order valence-electron chi connectivity index (χ4n) is 5.01. The Hall–Kier alpha value is -2.64. The Kier molecular flexibility index (Phi) is 6.49. The molecule has 0 bridgehead atoms. The zero-order valence-electron chi connectivity index (χ0n) is 20.0. The number of likely N-dealkylation sites (tertiary alicyclic amines) is 1. The van der Waals surface area contributed by atoms with E-state index in [-0.39, 0.29) is 17.2 Å². The number of imide groups is 1. The Labute approximate surface area is 206 Å². The number of piperazine rings is 1. The molecule has 2 amide bonds. The number of benzene rings is 2. The van der Waals surface area contributed by atoms with E-state index in [1.54, 1.807) is 11.8 Å². The summed E-state index contributed by atoms with van der Waals surface area (Å²) in [6, 6.07) is 16.9. The maximum absolute atomic E-state index is 12.4. The van der Waals surface area contributed by atoms with Crippen molar-refractivity contribution in [1.82, 2.24) is 14.7 Å². The van der Waals surface area contributed by atoms with Gasteiger partial charge in [0, 0.05) is 60.9 Å². The fourth-order valence-corrected chi connectivity index (χ4v) is 6.02. The normalized spacial score (nSPS) is 20.5. The second-order valence-corrected chi connectivity index (χ2v) is 11.2. The predicted octanol–water partition coefficient (Wildman–Crippen LogP) is 4.41. The molecule has 3 heterocycles. The van der Waals surface area contributed by atoms with Gasteiger partial charge in [-0.05, 0) is 36.6 Å². The standard InChI is InChI=1S/C27H32N4O2S/c1-27(2)18-24(32)31(25(33)19-27)13-7-12-29-14-16-30(17-15-29)26-20-8-3-5-10-22(20)34-23-11-6-4-9-21(23)28-26/h3-6,8-11H,7,12-19H2,1-2H3. The topological polar surface area (TPSA) is 56.2 Å². The van der Waals surface area contributed by atoms with Crippen molar-refractivity contribution >= 4 is 35.1 Å². The van der Waals surface area contributed by atoms with Crippen LogP contribution in [0.4, 0.5) is 5.69 Å². The molecule has 0 aromatic heterocycles. The van der Waals surface area contributed by atoms with Gasteiger partial charge in [0.25, 0.3) is 0 Å². The van der Waals surface area contributed by atoms with Crippen LogP contribution in [-0.2, 0) is 9.59 Å². The van der Waals surface area contributed by atoms with Crippen LogP contribution in [0.3, 0.4) is 0 Å². The van der Waals surface area contributed by atoms with E-state index in [0.717, 1.165) is 50.7 Å². The highest BCUT2D eigenvalue weighted by Crippen LogP contribution is 2.40. The first kappa shape index (κ1) is 23.1. The Balaban J connectivity index is 1.20. The number of amides is 2. The summed E-state index contributed by atoms with van der Waals surface area (Å²) >= 11 is 1.79. The van der Waals surface area contributed by atoms with Crippen LogP contribution in [0.25, 0.3) is 0 Å². The average Bonchev–Trinajstić information content (AvgIpc) is 2.97. The van der Waals surface area contributed by atoms with E-state index >= 15 is 0 Å². The lowest BCUT2D eigenvalue weighted by Gasteiger charge is -2.37. The van der Waals surface area contributed by atoms with Gasteiger partial charge in [0.2, 0.25) is 11.8 Å². The first-order valence-electron chi connectivity index (χ1n) is 12.2. The van der Waals surface area contributed by atoms with E-state index in [1.807, 2.05) is 19.9 Å². The van der Waals surface area contributed by atoms with Gasteiger partial charge in [-0.3, -0.25) is 19.4 Å². The van der Waals surface area contributed by atoms with Gasteiger partial charge in [-0.1, -0.05) is 55.9 Å². The van der Waals surface area contributed by atoms with Crippen molar-refractivity contribution in [2.45, 2.75) is 42.9 Å². The summed E-state index contributed by atoms with van der Waals surface area (Å²) in [5.41, 5.74) is 2.02. The summed E-state index contributed by atoms with van der Waals surface area (Å²) in [5, 5.41) is 0.